The molecule has 3 rings (SSSR count). The van der Waals surface area contributed by atoms with E-state index in [2.05, 4.69) is 26.3 Å². The van der Waals surface area contributed by atoms with Gasteiger partial charge in [0.2, 0.25) is 0 Å². The fraction of sp³-hybridized carbons (Fsp3) is 0.385. The van der Waals surface area contributed by atoms with Crippen molar-refractivity contribution in [3.8, 4) is 0 Å². The van der Waals surface area contributed by atoms with E-state index < -0.39 is 0 Å². The van der Waals surface area contributed by atoms with Gasteiger partial charge in [-0.1, -0.05) is 11.6 Å². The Hall–Kier alpha value is -1.13. The Morgan fingerprint density at radius 2 is 2.06 bits per heavy atom. The van der Waals surface area contributed by atoms with Gasteiger partial charge in [-0.05, 0) is 37.3 Å². The second-order valence-electron chi connectivity index (χ2n) is 4.55. The molecule has 2 aromatic heterocycles. The maximum atomic E-state index is 6.22. The maximum Gasteiger partial charge on any atom is 0.171 e. The highest BCUT2D eigenvalue weighted by atomic mass is 35.5. The average Bonchev–Trinajstić information content (AvgIpc) is 2.80. The van der Waals surface area contributed by atoms with Crippen LogP contribution in [0.25, 0.3) is 0 Å². The molecule has 0 fully saturated rings. The van der Waals surface area contributed by atoms with Gasteiger partial charge in [-0.2, -0.15) is 0 Å². The fourth-order valence-corrected chi connectivity index (χ4v) is 3.37. The normalized spacial score (nSPS) is 14.7. The second-order valence-corrected chi connectivity index (χ2v) is 5.91. The molecule has 0 N–H and O–H groups in total. The Bertz CT molecular complexity index is 594. The van der Waals surface area contributed by atoms with Crippen LogP contribution in [-0.2, 0) is 13.0 Å². The molecule has 0 aliphatic carbocycles. The number of nitrogens with zero attached hydrogens (tertiary/aromatic N) is 3. The lowest BCUT2D eigenvalue weighted by Crippen LogP contribution is -2.30. The highest BCUT2D eigenvalue weighted by Crippen LogP contribution is 2.30. The molecule has 1 aliphatic heterocycles. The minimum absolute atomic E-state index is 0.511. The molecule has 0 atom stereocenters. The van der Waals surface area contributed by atoms with Crippen molar-refractivity contribution in [1.29, 1.82) is 0 Å². The lowest BCUT2D eigenvalue weighted by Gasteiger charge is -2.28. The predicted octanol–water partition coefficient (Wildman–Crippen LogP) is 3.37. The SMILES string of the molecule is Cc1nc(Cl)c(N2CCc3sccc3C2)nc1C. The molecule has 0 radical (unpaired) electrons. The van der Waals surface area contributed by atoms with Gasteiger partial charge in [0, 0.05) is 18.0 Å². The van der Waals surface area contributed by atoms with Crippen LogP contribution < -0.4 is 4.90 Å². The maximum absolute atomic E-state index is 6.22. The first-order valence-corrected chi connectivity index (χ1v) is 7.22. The molecule has 1 aliphatic rings. The van der Waals surface area contributed by atoms with Crippen molar-refractivity contribution < 1.29 is 0 Å². The number of hydrogen-bond acceptors (Lipinski definition) is 4. The van der Waals surface area contributed by atoms with Gasteiger partial charge in [0.1, 0.15) is 0 Å². The number of halogens is 1. The van der Waals surface area contributed by atoms with Crippen LogP contribution in [0.1, 0.15) is 21.8 Å². The summed E-state index contributed by atoms with van der Waals surface area (Å²) in [5, 5.41) is 2.67. The van der Waals surface area contributed by atoms with E-state index in [0.717, 1.165) is 36.7 Å². The molecule has 2 aromatic rings. The fourth-order valence-electron chi connectivity index (χ4n) is 2.19. The van der Waals surface area contributed by atoms with Crippen LogP contribution in [0.4, 0.5) is 5.82 Å². The van der Waals surface area contributed by atoms with Gasteiger partial charge >= 0.3 is 0 Å². The van der Waals surface area contributed by atoms with Gasteiger partial charge in [-0.15, -0.1) is 11.3 Å². The summed E-state index contributed by atoms with van der Waals surface area (Å²) >= 11 is 8.06. The number of fused-ring (bicyclic) bond motifs is 1. The summed E-state index contributed by atoms with van der Waals surface area (Å²) in [5.41, 5.74) is 3.24. The summed E-state index contributed by atoms with van der Waals surface area (Å²) in [5.74, 6) is 0.816. The monoisotopic (exact) mass is 279 g/mol. The summed E-state index contributed by atoms with van der Waals surface area (Å²) in [6.45, 7) is 5.76. The third kappa shape index (κ3) is 1.99. The van der Waals surface area contributed by atoms with Crippen molar-refractivity contribution >= 4 is 28.8 Å². The van der Waals surface area contributed by atoms with E-state index in [1.165, 1.54) is 10.4 Å². The Morgan fingerprint density at radius 1 is 1.28 bits per heavy atom. The zero-order valence-electron chi connectivity index (χ0n) is 10.4. The predicted molar refractivity (Wildman–Crippen MR) is 75.6 cm³/mol. The van der Waals surface area contributed by atoms with Crippen molar-refractivity contribution in [1.82, 2.24) is 9.97 Å². The van der Waals surface area contributed by atoms with Crippen LogP contribution in [-0.4, -0.2) is 16.5 Å². The molecule has 0 unspecified atom stereocenters. The minimum atomic E-state index is 0.511. The van der Waals surface area contributed by atoms with Crippen LogP contribution in [0.5, 0.6) is 0 Å². The molecule has 3 nitrogen and oxygen atoms in total. The number of anilines is 1. The van der Waals surface area contributed by atoms with Crippen LogP contribution in [0.3, 0.4) is 0 Å². The van der Waals surface area contributed by atoms with Gasteiger partial charge < -0.3 is 4.90 Å². The number of thiophene rings is 1. The highest BCUT2D eigenvalue weighted by Gasteiger charge is 2.21. The molecular weight excluding hydrogens is 266 g/mol. The Morgan fingerprint density at radius 3 is 2.89 bits per heavy atom. The molecular formula is C13H14ClN3S. The quantitative estimate of drug-likeness (QED) is 0.801. The Kier molecular flexibility index (Phi) is 2.99. The average molecular weight is 280 g/mol. The van der Waals surface area contributed by atoms with Crippen molar-refractivity contribution in [2.45, 2.75) is 26.8 Å². The number of rotatable bonds is 1. The third-order valence-corrected chi connectivity index (χ3v) is 4.63. The summed E-state index contributed by atoms with van der Waals surface area (Å²) in [4.78, 5) is 12.6. The molecule has 0 saturated carbocycles. The van der Waals surface area contributed by atoms with Crippen LogP contribution in [0, 0.1) is 13.8 Å². The molecule has 0 saturated heterocycles. The zero-order valence-corrected chi connectivity index (χ0v) is 12.0. The minimum Gasteiger partial charge on any atom is -0.349 e. The molecule has 3 heterocycles. The van der Waals surface area contributed by atoms with E-state index in [-0.39, 0.29) is 0 Å². The standard InChI is InChI=1S/C13H14ClN3S/c1-8-9(2)16-13(12(14)15-8)17-5-3-11-10(7-17)4-6-18-11/h4,6H,3,5,7H2,1-2H3. The lowest BCUT2D eigenvalue weighted by molar-refractivity contribution is 0.726. The van der Waals surface area contributed by atoms with Crippen LogP contribution in [0.2, 0.25) is 5.15 Å². The van der Waals surface area contributed by atoms with Gasteiger partial charge in [0.15, 0.2) is 11.0 Å². The van der Waals surface area contributed by atoms with Crippen molar-refractivity contribution in [3.63, 3.8) is 0 Å². The van der Waals surface area contributed by atoms with Gasteiger partial charge in [0.25, 0.3) is 0 Å². The molecule has 94 valence electrons. The Balaban J connectivity index is 1.95. The molecule has 0 amide bonds. The molecule has 5 heteroatoms. The number of aryl methyl sites for hydroxylation is 2. The summed E-state index contributed by atoms with van der Waals surface area (Å²) < 4.78 is 0. The van der Waals surface area contributed by atoms with Crippen LogP contribution >= 0.6 is 22.9 Å². The molecule has 0 aromatic carbocycles. The van der Waals surface area contributed by atoms with Gasteiger partial charge in [-0.3, -0.25) is 0 Å². The van der Waals surface area contributed by atoms with E-state index in [1.54, 1.807) is 0 Å². The van der Waals surface area contributed by atoms with E-state index in [9.17, 15) is 0 Å². The summed E-state index contributed by atoms with van der Waals surface area (Å²) in [7, 11) is 0. The first-order valence-electron chi connectivity index (χ1n) is 5.96. The van der Waals surface area contributed by atoms with Gasteiger partial charge in [-0.25, -0.2) is 9.97 Å². The topological polar surface area (TPSA) is 29.0 Å². The van der Waals surface area contributed by atoms with Gasteiger partial charge in [0.05, 0.1) is 11.4 Å². The summed E-state index contributed by atoms with van der Waals surface area (Å²) in [6, 6.07) is 2.19. The second kappa shape index (κ2) is 4.52. The summed E-state index contributed by atoms with van der Waals surface area (Å²) in [6.07, 6.45) is 1.07. The molecule has 0 spiro atoms. The van der Waals surface area contributed by atoms with Crippen molar-refractivity contribution in [3.05, 3.63) is 38.4 Å². The number of hydrogen-bond donors (Lipinski definition) is 0. The van der Waals surface area contributed by atoms with E-state index >= 15 is 0 Å². The zero-order chi connectivity index (χ0) is 12.7. The van der Waals surface area contributed by atoms with E-state index in [0.29, 0.717) is 5.15 Å². The molecule has 18 heavy (non-hydrogen) atoms. The first-order chi connectivity index (χ1) is 8.65. The first kappa shape index (κ1) is 11.9. The molecule has 0 bridgehead atoms. The van der Waals surface area contributed by atoms with E-state index in [4.69, 9.17) is 11.6 Å². The van der Waals surface area contributed by atoms with E-state index in [1.807, 2.05) is 25.2 Å². The van der Waals surface area contributed by atoms with Crippen molar-refractivity contribution in [2.75, 3.05) is 11.4 Å². The lowest BCUT2D eigenvalue weighted by atomic mass is 10.1. The van der Waals surface area contributed by atoms with Crippen LogP contribution in [0.15, 0.2) is 11.4 Å². The largest absolute Gasteiger partial charge is 0.349 e. The highest BCUT2D eigenvalue weighted by molar-refractivity contribution is 7.10. The Labute approximate surface area is 115 Å². The number of aromatic nitrogens is 2. The third-order valence-electron chi connectivity index (χ3n) is 3.35. The van der Waals surface area contributed by atoms with Crippen molar-refractivity contribution in [2.24, 2.45) is 0 Å². The smallest absolute Gasteiger partial charge is 0.171 e.